The van der Waals surface area contributed by atoms with Crippen molar-refractivity contribution >= 4 is 34.3 Å². The highest BCUT2D eigenvalue weighted by Gasteiger charge is 2.19. The lowest BCUT2D eigenvalue weighted by atomic mass is 10.1. The largest absolute Gasteiger partial charge is 0.469 e. The van der Waals surface area contributed by atoms with Gasteiger partial charge in [-0.25, -0.2) is 0 Å². The highest BCUT2D eigenvalue weighted by atomic mass is 32.2. The van der Waals surface area contributed by atoms with Gasteiger partial charge in [-0.15, -0.1) is 0 Å². The molecule has 19 heavy (non-hydrogen) atoms. The molecule has 0 aromatic carbocycles. The summed E-state index contributed by atoms with van der Waals surface area (Å²) in [7, 11) is 1.37. The summed E-state index contributed by atoms with van der Waals surface area (Å²) in [6.07, 6.45) is 0.340. The second-order valence-electron chi connectivity index (χ2n) is 5.52. The van der Waals surface area contributed by atoms with Crippen LogP contribution in [-0.4, -0.2) is 34.4 Å². The number of hydrogen-bond acceptors (Lipinski definition) is 6. The fourth-order valence-corrected chi connectivity index (χ4v) is 2.19. The molecule has 0 aliphatic carbocycles. The maximum atomic E-state index is 11.0. The highest BCUT2D eigenvalue weighted by molar-refractivity contribution is 8.22. The van der Waals surface area contributed by atoms with Crippen LogP contribution in [0.1, 0.15) is 41.0 Å². The van der Waals surface area contributed by atoms with E-state index >= 15 is 0 Å². The Morgan fingerprint density at radius 1 is 1.26 bits per heavy atom. The maximum Gasteiger partial charge on any atom is 0.306 e. The first-order valence-corrected chi connectivity index (χ1v) is 7.41. The van der Waals surface area contributed by atoms with Crippen LogP contribution in [0.5, 0.6) is 0 Å². The van der Waals surface area contributed by atoms with E-state index in [2.05, 4.69) is 20.3 Å². The third kappa shape index (κ3) is 10.9. The molecule has 0 heterocycles. The average Bonchev–Trinajstić information content (AvgIpc) is 2.25. The molecule has 7 heteroatoms. The van der Waals surface area contributed by atoms with Crippen LogP contribution in [0.25, 0.3) is 0 Å². The van der Waals surface area contributed by atoms with Crippen molar-refractivity contribution in [1.82, 2.24) is 5.32 Å². The molecule has 0 aliphatic rings. The van der Waals surface area contributed by atoms with E-state index in [9.17, 15) is 4.79 Å². The number of carbonyl (C=O) groups is 1. The summed E-state index contributed by atoms with van der Waals surface area (Å²) in [5.41, 5.74) is -0.763. The first kappa shape index (κ1) is 18.3. The Hall–Kier alpha value is -0.690. The summed E-state index contributed by atoms with van der Waals surface area (Å²) >= 11 is 6.59. The van der Waals surface area contributed by atoms with Crippen molar-refractivity contribution in [3.05, 3.63) is 0 Å². The molecule has 0 radical (unpaired) electrons. The number of esters is 1. The predicted molar refractivity (Wildman–Crippen MR) is 83.5 cm³/mol. The molecule has 0 aromatic heterocycles. The third-order valence-corrected chi connectivity index (χ3v) is 3.00. The maximum absolute atomic E-state index is 11.0. The number of carbonyl (C=O) groups excluding carboxylic acids is 1. The first-order valence-electron chi connectivity index (χ1n) is 6.01. The van der Waals surface area contributed by atoms with Crippen LogP contribution in [0.15, 0.2) is 10.2 Å². The number of thioether (sulfide) groups is 1. The summed E-state index contributed by atoms with van der Waals surface area (Å²) in [5.74, 6) is 0.354. The zero-order valence-electron chi connectivity index (χ0n) is 12.4. The number of nitrogens with zero attached hydrogens (tertiary/aromatic N) is 2. The lowest BCUT2D eigenvalue weighted by Crippen LogP contribution is -2.40. The molecule has 0 rings (SSSR count). The van der Waals surface area contributed by atoms with Gasteiger partial charge in [0.1, 0.15) is 9.98 Å². The Labute approximate surface area is 125 Å². The topological polar surface area (TPSA) is 63.0 Å². The van der Waals surface area contributed by atoms with Gasteiger partial charge in [-0.2, -0.15) is 10.2 Å². The Morgan fingerprint density at radius 2 is 1.84 bits per heavy atom. The molecule has 0 fully saturated rings. The van der Waals surface area contributed by atoms with Gasteiger partial charge in [-0.05, 0) is 34.6 Å². The van der Waals surface area contributed by atoms with E-state index < -0.39 is 5.66 Å². The molecular formula is C12H23N3O2S2. The van der Waals surface area contributed by atoms with Crippen molar-refractivity contribution < 1.29 is 9.53 Å². The van der Waals surface area contributed by atoms with E-state index in [4.69, 9.17) is 12.2 Å². The van der Waals surface area contributed by atoms with Gasteiger partial charge in [-0.3, -0.25) is 4.79 Å². The SMILES string of the molecule is COC(=O)CCSC(=S)NC(C)(C)N=NC(C)(C)C. The lowest BCUT2D eigenvalue weighted by Gasteiger charge is -2.23. The number of rotatable bonds is 5. The molecule has 0 amide bonds. The smallest absolute Gasteiger partial charge is 0.306 e. The van der Waals surface area contributed by atoms with Gasteiger partial charge in [0.25, 0.3) is 0 Å². The number of nitrogens with one attached hydrogen (secondary N) is 1. The molecule has 0 saturated carbocycles. The van der Waals surface area contributed by atoms with Crippen LogP contribution in [0.2, 0.25) is 0 Å². The molecule has 0 unspecified atom stereocenters. The molecule has 5 nitrogen and oxygen atoms in total. The molecule has 110 valence electrons. The Kier molecular flexibility index (Phi) is 7.51. The molecule has 0 atom stereocenters. The van der Waals surface area contributed by atoms with Gasteiger partial charge < -0.3 is 10.1 Å². The molecule has 0 bridgehead atoms. The van der Waals surface area contributed by atoms with E-state index in [1.165, 1.54) is 18.9 Å². The van der Waals surface area contributed by atoms with Gasteiger partial charge in [0.05, 0.1) is 19.1 Å². The first-order chi connectivity index (χ1) is 8.56. The van der Waals surface area contributed by atoms with Gasteiger partial charge in [0.2, 0.25) is 0 Å². The standard InChI is InChI=1S/C12H23N3O2S2/c1-11(2,3)14-15-12(4,5)13-10(18)19-8-7-9(16)17-6/h7-8H2,1-6H3,(H,13,18). The number of methoxy groups -OCH3 is 1. The van der Waals surface area contributed by atoms with Crippen molar-refractivity contribution in [1.29, 1.82) is 0 Å². The zero-order valence-corrected chi connectivity index (χ0v) is 14.1. The summed E-state index contributed by atoms with van der Waals surface area (Å²) < 4.78 is 5.16. The lowest BCUT2D eigenvalue weighted by molar-refractivity contribution is -0.140. The second kappa shape index (κ2) is 7.79. The molecule has 0 aromatic rings. The average molecular weight is 305 g/mol. The summed E-state index contributed by atoms with van der Waals surface area (Å²) in [6.45, 7) is 9.74. The number of azo groups is 1. The molecular weight excluding hydrogens is 282 g/mol. The fourth-order valence-electron chi connectivity index (χ4n) is 0.915. The minimum Gasteiger partial charge on any atom is -0.469 e. The summed E-state index contributed by atoms with van der Waals surface area (Å²) in [5, 5.41) is 11.6. The van der Waals surface area contributed by atoms with Crippen LogP contribution in [0.4, 0.5) is 0 Å². The summed E-state index contributed by atoms with van der Waals surface area (Å²) in [6, 6.07) is 0. The second-order valence-corrected chi connectivity index (χ2v) is 7.29. The van der Waals surface area contributed by atoms with Crippen LogP contribution < -0.4 is 5.32 Å². The monoisotopic (exact) mass is 305 g/mol. The van der Waals surface area contributed by atoms with Crippen LogP contribution in [-0.2, 0) is 9.53 Å². The van der Waals surface area contributed by atoms with Crippen LogP contribution in [0, 0.1) is 0 Å². The van der Waals surface area contributed by atoms with Crippen LogP contribution in [0.3, 0.4) is 0 Å². The Balaban J connectivity index is 4.17. The molecule has 0 saturated heterocycles. The van der Waals surface area contributed by atoms with Crippen molar-refractivity contribution in [3.8, 4) is 0 Å². The molecule has 1 N–H and O–H groups in total. The van der Waals surface area contributed by atoms with Gasteiger partial charge in [-0.1, -0.05) is 24.0 Å². The van der Waals surface area contributed by atoms with E-state index in [0.717, 1.165) is 0 Å². The Bertz CT molecular complexity index is 349. The van der Waals surface area contributed by atoms with E-state index in [1.807, 2.05) is 34.6 Å². The van der Waals surface area contributed by atoms with E-state index in [-0.39, 0.29) is 11.5 Å². The predicted octanol–water partition coefficient (Wildman–Crippen LogP) is 3.14. The van der Waals surface area contributed by atoms with Crippen molar-refractivity contribution in [2.45, 2.75) is 52.2 Å². The van der Waals surface area contributed by atoms with Crippen LogP contribution >= 0.6 is 24.0 Å². The van der Waals surface area contributed by atoms with Crippen molar-refractivity contribution in [2.24, 2.45) is 10.2 Å². The van der Waals surface area contributed by atoms with Gasteiger partial charge >= 0.3 is 5.97 Å². The molecule has 0 spiro atoms. The van der Waals surface area contributed by atoms with E-state index in [0.29, 0.717) is 16.5 Å². The van der Waals surface area contributed by atoms with Crippen molar-refractivity contribution in [2.75, 3.05) is 12.9 Å². The zero-order chi connectivity index (χ0) is 15.1. The quantitative estimate of drug-likeness (QED) is 0.480. The summed E-state index contributed by atoms with van der Waals surface area (Å²) in [4.78, 5) is 11.0. The Morgan fingerprint density at radius 3 is 2.32 bits per heavy atom. The number of hydrogen-bond donors (Lipinski definition) is 1. The van der Waals surface area contributed by atoms with Gasteiger partial charge in [0.15, 0.2) is 0 Å². The minimum absolute atomic E-state index is 0.210. The minimum atomic E-state index is -0.553. The normalized spacial score (nSPS) is 12.5. The number of ether oxygens (including phenoxy) is 1. The molecule has 0 aliphatic heterocycles. The fraction of sp³-hybridized carbons (Fsp3) is 0.833. The van der Waals surface area contributed by atoms with E-state index in [1.54, 1.807) is 0 Å². The highest BCUT2D eigenvalue weighted by Crippen LogP contribution is 2.15. The number of thiocarbonyl (C=S) groups is 1. The third-order valence-electron chi connectivity index (χ3n) is 1.77. The van der Waals surface area contributed by atoms with Gasteiger partial charge in [0, 0.05) is 5.75 Å². The van der Waals surface area contributed by atoms with Crippen molar-refractivity contribution in [3.63, 3.8) is 0 Å².